The number of thioether (sulfide) groups is 1. The van der Waals surface area contributed by atoms with Crippen LogP contribution in [0.4, 0.5) is 5.13 Å². The summed E-state index contributed by atoms with van der Waals surface area (Å²) in [6.07, 6.45) is 0. The van der Waals surface area contributed by atoms with Crippen molar-refractivity contribution in [2.75, 3.05) is 18.2 Å². The molecule has 6 nitrogen and oxygen atoms in total. The van der Waals surface area contributed by atoms with E-state index in [0.29, 0.717) is 26.5 Å². The number of oxazole rings is 1. The van der Waals surface area contributed by atoms with Crippen LogP contribution in [0.5, 0.6) is 5.75 Å². The summed E-state index contributed by atoms with van der Waals surface area (Å²) in [7, 11) is 1.60. The molecule has 2 aromatic carbocycles. The number of rotatable bonds is 5. The van der Waals surface area contributed by atoms with Gasteiger partial charge in [-0.25, -0.2) is 9.97 Å². The molecule has 0 spiro atoms. The number of aromatic nitrogens is 2. The second-order valence-electron chi connectivity index (χ2n) is 5.28. The Kier molecular flexibility index (Phi) is 4.71. The van der Waals surface area contributed by atoms with Crippen LogP contribution in [0.2, 0.25) is 5.02 Å². The van der Waals surface area contributed by atoms with Crippen LogP contribution in [0.15, 0.2) is 46.0 Å². The molecule has 4 rings (SSSR count). The summed E-state index contributed by atoms with van der Waals surface area (Å²) in [6.45, 7) is 0. The van der Waals surface area contributed by atoms with E-state index >= 15 is 0 Å². The van der Waals surface area contributed by atoms with E-state index in [-0.39, 0.29) is 11.7 Å². The first-order valence-electron chi connectivity index (χ1n) is 7.54. The van der Waals surface area contributed by atoms with Crippen LogP contribution in [-0.2, 0) is 4.79 Å². The Labute approximate surface area is 161 Å². The number of hydrogen-bond donors (Lipinski definition) is 1. The maximum atomic E-state index is 12.2. The van der Waals surface area contributed by atoms with Gasteiger partial charge in [-0.1, -0.05) is 34.7 Å². The second-order valence-corrected chi connectivity index (χ2v) is 7.68. The molecule has 9 heteroatoms. The van der Waals surface area contributed by atoms with Crippen LogP contribution >= 0.6 is 34.7 Å². The van der Waals surface area contributed by atoms with Crippen LogP contribution in [0.25, 0.3) is 21.3 Å². The number of nitrogens with zero attached hydrogens (tertiary/aromatic N) is 2. The Morgan fingerprint density at radius 1 is 1.27 bits per heavy atom. The molecule has 0 unspecified atom stereocenters. The number of methoxy groups -OCH3 is 1. The molecule has 0 aliphatic rings. The highest BCUT2D eigenvalue weighted by molar-refractivity contribution is 7.99. The summed E-state index contributed by atoms with van der Waals surface area (Å²) in [5.74, 6) is 0.716. The lowest BCUT2D eigenvalue weighted by molar-refractivity contribution is -0.113. The molecule has 132 valence electrons. The average molecular weight is 406 g/mol. The van der Waals surface area contributed by atoms with Gasteiger partial charge in [0.2, 0.25) is 5.91 Å². The Morgan fingerprint density at radius 2 is 2.15 bits per heavy atom. The number of hydrogen-bond acceptors (Lipinski definition) is 7. The molecule has 4 aromatic rings. The number of carbonyl (C=O) groups is 1. The number of benzene rings is 2. The van der Waals surface area contributed by atoms with E-state index in [1.165, 1.54) is 23.1 Å². The van der Waals surface area contributed by atoms with E-state index in [2.05, 4.69) is 15.3 Å². The Hall–Kier alpha value is -2.29. The quantitative estimate of drug-likeness (QED) is 0.479. The van der Waals surface area contributed by atoms with Gasteiger partial charge in [0.25, 0.3) is 5.22 Å². The Morgan fingerprint density at radius 3 is 3.00 bits per heavy atom. The van der Waals surface area contributed by atoms with Gasteiger partial charge in [0.1, 0.15) is 11.3 Å². The largest absolute Gasteiger partial charge is 0.497 e. The molecular formula is C17H12ClN3O3S2. The first kappa shape index (κ1) is 17.1. The van der Waals surface area contributed by atoms with Crippen LogP contribution in [0.3, 0.4) is 0 Å². The number of carbonyl (C=O) groups excluding carboxylic acids is 1. The van der Waals surface area contributed by atoms with Gasteiger partial charge in [-0.15, -0.1) is 0 Å². The molecule has 26 heavy (non-hydrogen) atoms. The van der Waals surface area contributed by atoms with E-state index in [1.54, 1.807) is 25.3 Å². The van der Waals surface area contributed by atoms with Gasteiger partial charge >= 0.3 is 0 Å². The first-order chi connectivity index (χ1) is 12.6. The lowest BCUT2D eigenvalue weighted by Gasteiger charge is -1.98. The van der Waals surface area contributed by atoms with E-state index in [0.717, 1.165) is 16.0 Å². The van der Waals surface area contributed by atoms with E-state index in [4.69, 9.17) is 20.8 Å². The van der Waals surface area contributed by atoms with Crippen molar-refractivity contribution < 1.29 is 13.9 Å². The fourth-order valence-corrected chi connectivity index (χ4v) is 3.98. The molecule has 0 radical (unpaired) electrons. The monoisotopic (exact) mass is 405 g/mol. The minimum absolute atomic E-state index is 0.166. The highest BCUT2D eigenvalue weighted by Gasteiger charge is 2.12. The summed E-state index contributed by atoms with van der Waals surface area (Å²) in [6, 6.07) is 10.8. The minimum Gasteiger partial charge on any atom is -0.497 e. The van der Waals surface area contributed by atoms with E-state index < -0.39 is 0 Å². The predicted octanol–water partition coefficient (Wildman–Crippen LogP) is 4.83. The molecule has 0 bridgehead atoms. The Balaban J connectivity index is 1.41. The molecule has 0 saturated heterocycles. The lowest BCUT2D eigenvalue weighted by Crippen LogP contribution is -2.13. The Bertz CT molecular complexity index is 1110. The maximum Gasteiger partial charge on any atom is 0.257 e. The van der Waals surface area contributed by atoms with Crippen molar-refractivity contribution in [1.29, 1.82) is 0 Å². The molecule has 2 heterocycles. The highest BCUT2D eigenvalue weighted by atomic mass is 35.5. The smallest absolute Gasteiger partial charge is 0.257 e. The predicted molar refractivity (Wildman–Crippen MR) is 105 cm³/mol. The van der Waals surface area contributed by atoms with E-state index in [1.807, 2.05) is 18.2 Å². The SMILES string of the molecule is COc1ccc2sc(NC(=O)CSc3nc4cc(Cl)ccc4o3)nc2c1. The van der Waals surface area contributed by atoms with Crippen molar-refractivity contribution >= 4 is 67.1 Å². The summed E-state index contributed by atoms with van der Waals surface area (Å²) >= 11 is 8.56. The number of thiazole rings is 1. The normalized spacial score (nSPS) is 11.2. The minimum atomic E-state index is -0.179. The third-order valence-corrected chi connectivity index (χ3v) is 5.51. The molecule has 0 aliphatic heterocycles. The van der Waals surface area contributed by atoms with Gasteiger partial charge in [0.05, 0.1) is 23.1 Å². The zero-order valence-electron chi connectivity index (χ0n) is 13.5. The average Bonchev–Trinajstić information content (AvgIpc) is 3.21. The van der Waals surface area contributed by atoms with Gasteiger partial charge in [0, 0.05) is 11.1 Å². The molecule has 0 fully saturated rings. The van der Waals surface area contributed by atoms with Crippen LogP contribution in [-0.4, -0.2) is 28.7 Å². The fraction of sp³-hybridized carbons (Fsp3) is 0.118. The molecule has 0 atom stereocenters. The standard InChI is InChI=1S/C17H12ClN3O3S2/c1-23-10-3-5-14-12(7-10)19-16(26-14)21-15(22)8-25-17-20-11-6-9(18)2-4-13(11)24-17/h2-7H,8H2,1H3,(H,19,21,22). The van der Waals surface area contributed by atoms with Crippen molar-refractivity contribution in [2.45, 2.75) is 5.22 Å². The number of anilines is 1. The van der Waals surface area contributed by atoms with Crippen LogP contribution in [0, 0.1) is 0 Å². The fourth-order valence-electron chi connectivity index (χ4n) is 2.31. The molecule has 2 aromatic heterocycles. The topological polar surface area (TPSA) is 77.2 Å². The number of fused-ring (bicyclic) bond motifs is 2. The van der Waals surface area contributed by atoms with Crippen molar-refractivity contribution in [3.05, 3.63) is 41.4 Å². The zero-order chi connectivity index (χ0) is 18.1. The first-order valence-corrected chi connectivity index (χ1v) is 9.72. The molecule has 0 aliphatic carbocycles. The molecule has 1 amide bonds. The molecule has 0 saturated carbocycles. The van der Waals surface area contributed by atoms with Gasteiger partial charge < -0.3 is 14.5 Å². The summed E-state index contributed by atoms with van der Waals surface area (Å²) in [5.41, 5.74) is 2.09. The third kappa shape index (κ3) is 3.62. The number of ether oxygens (including phenoxy) is 1. The van der Waals surface area contributed by atoms with E-state index in [9.17, 15) is 4.79 Å². The van der Waals surface area contributed by atoms with Crippen molar-refractivity contribution in [3.63, 3.8) is 0 Å². The van der Waals surface area contributed by atoms with Gasteiger partial charge in [-0.3, -0.25) is 4.79 Å². The molecule has 1 N–H and O–H groups in total. The van der Waals surface area contributed by atoms with Gasteiger partial charge in [-0.2, -0.15) is 0 Å². The number of amides is 1. The highest BCUT2D eigenvalue weighted by Crippen LogP contribution is 2.29. The van der Waals surface area contributed by atoms with Crippen molar-refractivity contribution in [3.8, 4) is 5.75 Å². The van der Waals surface area contributed by atoms with Crippen LogP contribution in [0.1, 0.15) is 0 Å². The number of halogens is 1. The van der Waals surface area contributed by atoms with Gasteiger partial charge in [0.15, 0.2) is 10.7 Å². The third-order valence-electron chi connectivity index (χ3n) is 3.50. The van der Waals surface area contributed by atoms with Crippen LogP contribution < -0.4 is 10.1 Å². The van der Waals surface area contributed by atoms with Gasteiger partial charge in [-0.05, 0) is 30.3 Å². The summed E-state index contributed by atoms with van der Waals surface area (Å²) < 4.78 is 11.7. The molecular weight excluding hydrogens is 394 g/mol. The van der Waals surface area contributed by atoms with Crippen molar-refractivity contribution in [1.82, 2.24) is 9.97 Å². The lowest BCUT2D eigenvalue weighted by atomic mass is 10.3. The summed E-state index contributed by atoms with van der Waals surface area (Å²) in [4.78, 5) is 20.9. The summed E-state index contributed by atoms with van der Waals surface area (Å²) in [5, 5.41) is 4.36. The zero-order valence-corrected chi connectivity index (χ0v) is 15.9. The van der Waals surface area contributed by atoms with Crippen molar-refractivity contribution in [2.24, 2.45) is 0 Å². The second kappa shape index (κ2) is 7.14. The number of nitrogens with one attached hydrogen (secondary N) is 1. The maximum absolute atomic E-state index is 12.2.